The number of aryl methyl sites for hydroxylation is 1. The minimum Gasteiger partial charge on any atom is -0.339 e. The molecule has 0 unspecified atom stereocenters. The van der Waals surface area contributed by atoms with Gasteiger partial charge in [0.1, 0.15) is 5.52 Å². The molecular weight excluding hydrogens is 428 g/mol. The molecule has 0 aliphatic carbocycles. The second-order valence-corrected chi connectivity index (χ2v) is 9.26. The molecule has 3 aromatic heterocycles. The lowest BCUT2D eigenvalue weighted by Crippen LogP contribution is -2.24. The van der Waals surface area contributed by atoms with E-state index < -0.39 is 9.84 Å². The number of aromatic amines is 1. The van der Waals surface area contributed by atoms with Crippen LogP contribution in [0, 0.1) is 11.3 Å². The fourth-order valence-electron chi connectivity index (χ4n) is 3.86. The number of hydrogen-bond donors (Lipinski definition) is 1. The monoisotopic (exact) mass is 444 g/mol. The van der Waals surface area contributed by atoms with E-state index in [1.54, 1.807) is 48.1 Å². The quantitative estimate of drug-likeness (QED) is 0.453. The molecule has 3 heterocycles. The number of H-pyrrole nitrogens is 1. The van der Waals surface area contributed by atoms with Gasteiger partial charge in [0.15, 0.2) is 5.03 Å². The first-order valence-electron chi connectivity index (χ1n) is 9.62. The molecule has 0 bridgehead atoms. The van der Waals surface area contributed by atoms with Crippen LogP contribution < -0.4 is 5.56 Å². The van der Waals surface area contributed by atoms with Crippen LogP contribution in [0.3, 0.4) is 0 Å². The van der Waals surface area contributed by atoms with Gasteiger partial charge in [0.2, 0.25) is 9.84 Å². The van der Waals surface area contributed by atoms with E-state index in [1.807, 2.05) is 6.07 Å². The molecule has 9 nitrogen and oxygen atoms in total. The van der Waals surface area contributed by atoms with Crippen molar-refractivity contribution in [3.63, 3.8) is 0 Å². The van der Waals surface area contributed by atoms with Gasteiger partial charge < -0.3 is 4.57 Å². The van der Waals surface area contributed by atoms with Crippen molar-refractivity contribution in [2.75, 3.05) is 0 Å². The van der Waals surface area contributed by atoms with E-state index in [0.717, 1.165) is 5.56 Å². The number of nitriles is 1. The first kappa shape index (κ1) is 19.7. The lowest BCUT2D eigenvalue weighted by Gasteiger charge is -2.06. The van der Waals surface area contributed by atoms with Crippen LogP contribution in [0.4, 0.5) is 0 Å². The molecule has 2 aromatic carbocycles. The van der Waals surface area contributed by atoms with E-state index in [9.17, 15) is 13.2 Å². The Morgan fingerprint density at radius 3 is 2.72 bits per heavy atom. The molecule has 0 radical (unpaired) electrons. The zero-order chi connectivity index (χ0) is 22.5. The second kappa shape index (κ2) is 7.18. The maximum absolute atomic E-state index is 13.2. The minimum absolute atomic E-state index is 0.00262. The van der Waals surface area contributed by atoms with Gasteiger partial charge in [0, 0.05) is 23.3 Å². The Balaban J connectivity index is 1.66. The minimum atomic E-state index is -3.77. The van der Waals surface area contributed by atoms with Gasteiger partial charge in [-0.2, -0.15) is 15.5 Å². The summed E-state index contributed by atoms with van der Waals surface area (Å²) in [6, 6.07) is 15.2. The summed E-state index contributed by atoms with van der Waals surface area (Å²) in [6.45, 7) is 0.214. The molecule has 0 fully saturated rings. The average Bonchev–Trinajstić information content (AvgIpc) is 3.44. The van der Waals surface area contributed by atoms with Gasteiger partial charge in [-0.15, -0.1) is 0 Å². The number of sulfone groups is 1. The number of nitrogens with zero attached hydrogens (tertiary/aromatic N) is 5. The molecule has 5 rings (SSSR count). The highest BCUT2D eigenvalue weighted by atomic mass is 32.2. The summed E-state index contributed by atoms with van der Waals surface area (Å²) >= 11 is 0. The van der Waals surface area contributed by atoms with Gasteiger partial charge in [-0.1, -0.05) is 12.1 Å². The first-order chi connectivity index (χ1) is 15.4. The molecule has 0 saturated heterocycles. The van der Waals surface area contributed by atoms with Crippen molar-refractivity contribution < 1.29 is 8.42 Å². The molecule has 0 atom stereocenters. The number of fused-ring (bicyclic) bond motifs is 3. The molecule has 0 spiro atoms. The fraction of sp³-hybridized carbons (Fsp3) is 0.0909. The van der Waals surface area contributed by atoms with E-state index in [4.69, 9.17) is 5.26 Å². The lowest BCUT2D eigenvalue weighted by atomic mass is 10.1. The van der Waals surface area contributed by atoms with Crippen LogP contribution in [-0.2, 0) is 23.4 Å². The molecule has 0 amide bonds. The third-order valence-corrected chi connectivity index (χ3v) is 7.12. The van der Waals surface area contributed by atoms with Crippen LogP contribution in [0.1, 0.15) is 11.1 Å². The van der Waals surface area contributed by atoms with Gasteiger partial charge >= 0.3 is 0 Å². The largest absolute Gasteiger partial charge is 0.339 e. The van der Waals surface area contributed by atoms with Crippen LogP contribution in [0.2, 0.25) is 0 Å². The van der Waals surface area contributed by atoms with Crippen LogP contribution in [0.15, 0.2) is 75.6 Å². The van der Waals surface area contributed by atoms with Crippen LogP contribution >= 0.6 is 0 Å². The summed E-state index contributed by atoms with van der Waals surface area (Å²) in [5.41, 5.74) is 2.12. The maximum Gasteiger partial charge on any atom is 0.291 e. The van der Waals surface area contributed by atoms with Crippen molar-refractivity contribution in [2.45, 2.75) is 16.5 Å². The van der Waals surface area contributed by atoms with E-state index >= 15 is 0 Å². The van der Waals surface area contributed by atoms with Crippen LogP contribution in [0.5, 0.6) is 0 Å². The first-order valence-corrected chi connectivity index (χ1v) is 11.1. The smallest absolute Gasteiger partial charge is 0.291 e. The number of benzene rings is 2. The van der Waals surface area contributed by atoms with Crippen molar-refractivity contribution in [2.24, 2.45) is 7.05 Å². The number of hydrogen-bond acceptors (Lipinski definition) is 6. The Labute approximate surface area is 182 Å². The Hall–Kier alpha value is -4.23. The summed E-state index contributed by atoms with van der Waals surface area (Å²) in [6.07, 6.45) is 2.95. The summed E-state index contributed by atoms with van der Waals surface area (Å²) in [5, 5.41) is 20.8. The van der Waals surface area contributed by atoms with E-state index in [-0.39, 0.29) is 22.0 Å². The highest BCUT2D eigenvalue weighted by Gasteiger charge is 2.22. The molecule has 32 heavy (non-hydrogen) atoms. The predicted molar refractivity (Wildman–Crippen MR) is 117 cm³/mol. The van der Waals surface area contributed by atoms with Crippen molar-refractivity contribution in [3.05, 3.63) is 82.4 Å². The summed E-state index contributed by atoms with van der Waals surface area (Å²) in [4.78, 5) is 13.3. The SMILES string of the molecule is Cn1c2ccc(S(=O)(=O)c3ccn[nH]3)cc2c2cnn(Cc3cccc(C#N)c3)c(=O)c21. The number of rotatable bonds is 4. The predicted octanol–water partition coefficient (Wildman–Crippen LogP) is 2.36. The van der Waals surface area contributed by atoms with Crippen molar-refractivity contribution in [1.82, 2.24) is 24.5 Å². The molecule has 0 saturated carbocycles. The van der Waals surface area contributed by atoms with E-state index in [0.29, 0.717) is 27.4 Å². The van der Waals surface area contributed by atoms with E-state index in [1.165, 1.54) is 23.0 Å². The number of nitrogens with one attached hydrogen (secondary N) is 1. The standard InChI is InChI=1S/C22H16N6O3S/c1-27-19-6-5-16(32(30,31)20-7-8-24-26-20)10-17(19)18-12-25-28(22(29)21(18)27)13-15-4-2-3-14(9-15)11-23/h2-10,12H,13H2,1H3,(H,24,26). The Morgan fingerprint density at radius 1 is 1.12 bits per heavy atom. The molecule has 0 aliphatic rings. The summed E-state index contributed by atoms with van der Waals surface area (Å²) in [5.74, 6) is 0. The Kier molecular flexibility index (Phi) is 4.42. The Morgan fingerprint density at radius 2 is 1.97 bits per heavy atom. The topological polar surface area (TPSA) is 126 Å². The van der Waals surface area contributed by atoms with Crippen molar-refractivity contribution in [3.8, 4) is 6.07 Å². The maximum atomic E-state index is 13.2. The highest BCUT2D eigenvalue weighted by molar-refractivity contribution is 7.91. The Bertz CT molecular complexity index is 1710. The van der Waals surface area contributed by atoms with Crippen molar-refractivity contribution >= 4 is 31.6 Å². The molecule has 10 heteroatoms. The zero-order valence-electron chi connectivity index (χ0n) is 16.8. The summed E-state index contributed by atoms with van der Waals surface area (Å²) < 4.78 is 28.8. The third-order valence-electron chi connectivity index (χ3n) is 5.44. The fourth-order valence-corrected chi connectivity index (χ4v) is 5.04. The molecule has 0 aliphatic heterocycles. The normalized spacial score (nSPS) is 11.8. The third kappa shape index (κ3) is 2.99. The zero-order valence-corrected chi connectivity index (χ0v) is 17.7. The van der Waals surface area contributed by atoms with Gasteiger partial charge in [-0.25, -0.2) is 13.1 Å². The molecule has 5 aromatic rings. The van der Waals surface area contributed by atoms with Gasteiger partial charge in [-0.05, 0) is 42.0 Å². The lowest BCUT2D eigenvalue weighted by molar-refractivity contribution is 0.592. The summed E-state index contributed by atoms with van der Waals surface area (Å²) in [7, 11) is -2.01. The van der Waals surface area contributed by atoms with E-state index in [2.05, 4.69) is 21.4 Å². The second-order valence-electron chi connectivity index (χ2n) is 7.34. The van der Waals surface area contributed by atoms with Gasteiger partial charge in [0.05, 0.1) is 35.5 Å². The van der Waals surface area contributed by atoms with Gasteiger partial charge in [-0.3, -0.25) is 9.89 Å². The van der Waals surface area contributed by atoms with Crippen LogP contribution in [0.25, 0.3) is 21.8 Å². The van der Waals surface area contributed by atoms with Crippen molar-refractivity contribution in [1.29, 1.82) is 5.26 Å². The average molecular weight is 444 g/mol. The molecule has 158 valence electrons. The highest BCUT2D eigenvalue weighted by Crippen LogP contribution is 2.29. The van der Waals surface area contributed by atoms with Gasteiger partial charge in [0.25, 0.3) is 5.56 Å². The molecular formula is C22H16N6O3S. The number of aromatic nitrogens is 5. The van der Waals surface area contributed by atoms with Crippen LogP contribution in [-0.4, -0.2) is 33.0 Å². The molecule has 1 N–H and O–H groups in total.